The number of phenols is 1. The number of hydrogen-bond acceptors (Lipinski definition) is 13. The van der Waals surface area contributed by atoms with Crippen LogP contribution in [0.15, 0.2) is 35.5 Å². The fourth-order valence-electron chi connectivity index (χ4n) is 3.04. The number of carbonyl (C=O) groups excluding carboxylic acids is 1. The molecule has 1 aromatic carbocycles. The zero-order valence-electron chi connectivity index (χ0n) is 19.7. The van der Waals surface area contributed by atoms with E-state index in [4.69, 9.17) is 14.0 Å². The van der Waals surface area contributed by atoms with E-state index in [0.29, 0.717) is 35.9 Å². The van der Waals surface area contributed by atoms with Gasteiger partial charge in [0.1, 0.15) is 47.3 Å². The molecule has 1 saturated heterocycles. The van der Waals surface area contributed by atoms with E-state index in [1.807, 2.05) is 0 Å². The van der Waals surface area contributed by atoms with Crippen molar-refractivity contribution in [3.05, 3.63) is 35.9 Å². The number of ether oxygens (including phenoxy) is 2. The van der Waals surface area contributed by atoms with Crippen molar-refractivity contribution >= 4 is 50.0 Å². The van der Waals surface area contributed by atoms with Gasteiger partial charge in [0.25, 0.3) is 0 Å². The van der Waals surface area contributed by atoms with Crippen molar-refractivity contribution in [2.45, 2.75) is 49.1 Å². The Bertz CT molecular complexity index is 1080. The number of aromatic hydroxyl groups is 1. The molecule has 13 nitrogen and oxygen atoms in total. The lowest BCUT2D eigenvalue weighted by Crippen LogP contribution is -2.58. The average Bonchev–Trinajstić information content (AvgIpc) is 2.83. The Balaban J connectivity index is 2.02. The molecule has 5 N–H and O–H groups in total. The molecule has 208 valence electrons. The van der Waals surface area contributed by atoms with Crippen molar-refractivity contribution in [3.8, 4) is 5.75 Å². The van der Waals surface area contributed by atoms with Gasteiger partial charge in [-0.2, -0.15) is 8.42 Å². The quantitative estimate of drug-likeness (QED) is 0.0423. The van der Waals surface area contributed by atoms with Crippen LogP contribution in [0.4, 0.5) is 0 Å². The lowest BCUT2D eigenvalue weighted by atomic mass is 10.0. The molecule has 0 saturated carbocycles. The number of unbranched alkanes of at least 4 members (excludes halogenated alkanes) is 1. The lowest BCUT2D eigenvalue weighted by molar-refractivity contribution is -0.209. The molecule has 2 rings (SSSR count). The zero-order chi connectivity index (χ0) is 27.6. The number of oxime groups is 1. The van der Waals surface area contributed by atoms with Gasteiger partial charge in [-0.05, 0) is 43.0 Å². The van der Waals surface area contributed by atoms with Crippen LogP contribution in [-0.4, -0.2) is 97.1 Å². The normalized spacial score (nSPS) is 25.6. The van der Waals surface area contributed by atoms with Crippen LogP contribution in [0.3, 0.4) is 0 Å². The second-order valence-electron chi connectivity index (χ2n) is 7.91. The first-order chi connectivity index (χ1) is 17.4. The maximum atomic E-state index is 12.1. The van der Waals surface area contributed by atoms with Crippen LogP contribution >= 0.6 is 11.8 Å². The second kappa shape index (κ2) is 14.8. The third kappa shape index (κ3) is 11.5. The van der Waals surface area contributed by atoms with Gasteiger partial charge in [-0.25, -0.2) is 9.08 Å². The summed E-state index contributed by atoms with van der Waals surface area (Å²) in [6, 6.07) is 6.01. The molecule has 0 radical (unpaired) electrons. The van der Waals surface area contributed by atoms with Gasteiger partial charge in [0.05, 0.1) is 0 Å². The maximum absolute atomic E-state index is 12.1. The van der Waals surface area contributed by atoms with E-state index in [9.17, 15) is 37.8 Å². The Morgan fingerprint density at radius 2 is 1.84 bits per heavy atom. The standard InChI is InChI=1S/C21H29NO12S3/c1-36(28)11-3-2-4-16(22-34-37(29,30)31)35-21-20(27)19(26)18(25)15(33-21)12-32-17(24)10-7-13-5-8-14(23)9-6-13/h5-10,15,18-21,23,25-27H,2-4,11-12H2,1H3,(H,29,30,31)/b10-7+,22-16-/t15-,18-,19+,20-,21+,36?/m1/s1. The highest BCUT2D eigenvalue weighted by molar-refractivity contribution is 8.14. The number of rotatable bonds is 12. The third-order valence-electron chi connectivity index (χ3n) is 4.92. The van der Waals surface area contributed by atoms with Gasteiger partial charge in [-0.3, -0.25) is 8.76 Å². The number of nitrogens with zero attached hydrogens (tertiary/aromatic N) is 1. The van der Waals surface area contributed by atoms with E-state index >= 15 is 0 Å². The summed E-state index contributed by atoms with van der Waals surface area (Å²) in [6.45, 7) is -0.489. The lowest BCUT2D eigenvalue weighted by Gasteiger charge is -2.39. The number of benzene rings is 1. The molecule has 0 aromatic heterocycles. The summed E-state index contributed by atoms with van der Waals surface area (Å²) in [5.41, 5.74) is -0.665. The summed E-state index contributed by atoms with van der Waals surface area (Å²) in [4.78, 5) is 12.1. The largest absolute Gasteiger partial charge is 0.508 e. The summed E-state index contributed by atoms with van der Waals surface area (Å²) in [5, 5.41) is 43.5. The Morgan fingerprint density at radius 3 is 2.46 bits per heavy atom. The highest BCUT2D eigenvalue weighted by Crippen LogP contribution is 2.31. The van der Waals surface area contributed by atoms with E-state index in [0.717, 1.165) is 6.08 Å². The number of aliphatic hydroxyl groups excluding tert-OH is 3. The topological polar surface area (TPSA) is 209 Å². The number of esters is 1. The summed E-state index contributed by atoms with van der Waals surface area (Å²) < 4.78 is 56.6. The predicted molar refractivity (Wildman–Crippen MR) is 135 cm³/mol. The summed E-state index contributed by atoms with van der Waals surface area (Å²) in [6.07, 6.45) is -1.13. The first-order valence-electron chi connectivity index (χ1n) is 10.9. The molecule has 1 aromatic rings. The molecule has 1 unspecified atom stereocenters. The number of phenolic OH excluding ortho intramolecular Hbond substituents is 1. The highest BCUT2D eigenvalue weighted by Gasteiger charge is 2.45. The van der Waals surface area contributed by atoms with E-state index in [-0.39, 0.29) is 17.2 Å². The SMILES string of the molecule is CS(=O)CCCC/C(=N/OS(=O)(=O)O)S[C@@H]1O[C@H](COC(=O)/C=C/c2ccc(O)cc2)[C@@H](O)[C@H](O)[C@H]1O. The average molecular weight is 584 g/mol. The molecule has 0 amide bonds. The first kappa shape index (κ1) is 31.2. The summed E-state index contributed by atoms with van der Waals surface area (Å²) in [7, 11) is -5.95. The Hall–Kier alpha value is -2.05. The first-order valence-corrected chi connectivity index (χ1v) is 14.9. The molecule has 0 spiro atoms. The molecule has 37 heavy (non-hydrogen) atoms. The molecule has 1 aliphatic rings. The van der Waals surface area contributed by atoms with Crippen LogP contribution in [0.5, 0.6) is 5.75 Å². The van der Waals surface area contributed by atoms with Crippen molar-refractivity contribution in [2.75, 3.05) is 18.6 Å². The third-order valence-corrected chi connectivity index (χ3v) is 7.22. The molecule has 1 aliphatic heterocycles. The Kier molecular flexibility index (Phi) is 12.4. The van der Waals surface area contributed by atoms with Crippen LogP contribution in [0.2, 0.25) is 0 Å². The molecular weight excluding hydrogens is 554 g/mol. The van der Waals surface area contributed by atoms with Crippen molar-refractivity contribution in [1.82, 2.24) is 0 Å². The number of hydrogen-bond donors (Lipinski definition) is 5. The summed E-state index contributed by atoms with van der Waals surface area (Å²) in [5.74, 6) is -0.337. The van der Waals surface area contributed by atoms with Crippen LogP contribution in [-0.2, 0) is 39.8 Å². The fraction of sp³-hybridized carbons (Fsp3) is 0.524. The molecule has 1 fully saturated rings. The molecule has 0 bridgehead atoms. The van der Waals surface area contributed by atoms with E-state index < -0.39 is 63.6 Å². The number of carbonyl (C=O) groups is 1. The number of aliphatic hydroxyl groups is 3. The van der Waals surface area contributed by atoms with Crippen molar-refractivity contribution in [1.29, 1.82) is 0 Å². The van der Waals surface area contributed by atoms with Gasteiger partial charge >= 0.3 is 16.4 Å². The molecule has 1 heterocycles. The highest BCUT2D eigenvalue weighted by atomic mass is 32.3. The van der Waals surface area contributed by atoms with Gasteiger partial charge in [-0.1, -0.05) is 29.1 Å². The Morgan fingerprint density at radius 1 is 1.16 bits per heavy atom. The fourth-order valence-corrected chi connectivity index (χ4v) is 5.00. The maximum Gasteiger partial charge on any atom is 0.466 e. The number of thioether (sulfide) groups is 1. The molecule has 6 atom stereocenters. The van der Waals surface area contributed by atoms with Crippen LogP contribution < -0.4 is 0 Å². The van der Waals surface area contributed by atoms with Gasteiger partial charge in [0.2, 0.25) is 0 Å². The van der Waals surface area contributed by atoms with Crippen LogP contribution in [0.25, 0.3) is 6.08 Å². The molecular formula is C21H29NO12S3. The molecule has 0 aliphatic carbocycles. The minimum absolute atomic E-state index is 0.0280. The minimum atomic E-state index is -4.91. The second-order valence-corrected chi connectivity index (χ2v) is 11.6. The van der Waals surface area contributed by atoms with Gasteiger partial charge in [0, 0.05) is 28.9 Å². The van der Waals surface area contributed by atoms with E-state index in [1.54, 1.807) is 12.1 Å². The monoisotopic (exact) mass is 583 g/mol. The zero-order valence-corrected chi connectivity index (χ0v) is 22.1. The van der Waals surface area contributed by atoms with Gasteiger partial charge in [0.15, 0.2) is 0 Å². The van der Waals surface area contributed by atoms with E-state index in [2.05, 4.69) is 9.44 Å². The Labute approximate surface area is 220 Å². The van der Waals surface area contributed by atoms with Gasteiger partial charge in [-0.15, -0.1) is 0 Å². The summed E-state index contributed by atoms with van der Waals surface area (Å²) >= 11 is 0.681. The molecule has 16 heteroatoms. The van der Waals surface area contributed by atoms with Gasteiger partial charge < -0.3 is 29.9 Å². The van der Waals surface area contributed by atoms with Crippen molar-refractivity contribution in [2.24, 2.45) is 5.16 Å². The van der Waals surface area contributed by atoms with E-state index in [1.165, 1.54) is 24.5 Å². The van der Waals surface area contributed by atoms with Crippen molar-refractivity contribution < 1.29 is 56.2 Å². The van der Waals surface area contributed by atoms with Crippen molar-refractivity contribution in [3.63, 3.8) is 0 Å². The minimum Gasteiger partial charge on any atom is -0.508 e. The smallest absolute Gasteiger partial charge is 0.466 e. The predicted octanol–water partition coefficient (Wildman–Crippen LogP) is 0.171. The van der Waals surface area contributed by atoms with Crippen LogP contribution in [0.1, 0.15) is 24.8 Å². The van der Waals surface area contributed by atoms with Crippen LogP contribution in [0, 0.1) is 0 Å².